The molecule has 3 unspecified atom stereocenters. The molecule has 284 valence electrons. The predicted molar refractivity (Wildman–Crippen MR) is 158 cm³/mol. The van der Waals surface area contributed by atoms with Crippen molar-refractivity contribution in [2.45, 2.75) is 46.0 Å². The first-order valence-corrected chi connectivity index (χ1v) is 12.8. The molecule has 25 heteroatoms. The van der Waals surface area contributed by atoms with Crippen LogP contribution >= 0.6 is 0 Å². The van der Waals surface area contributed by atoms with E-state index >= 15 is 0 Å². The molecule has 0 aliphatic carbocycles. The smallest absolute Gasteiger partial charge is 0.335 e. The minimum atomic E-state index is -1.69. The van der Waals surface area contributed by atoms with Gasteiger partial charge in [0.2, 0.25) is 17.4 Å². The lowest BCUT2D eigenvalue weighted by molar-refractivity contribution is -0.138. The van der Waals surface area contributed by atoms with Gasteiger partial charge in [-0.15, -0.1) is 0 Å². The molecule has 1 rings (SSSR count). The number of imide groups is 1. The summed E-state index contributed by atoms with van der Waals surface area (Å²) >= 11 is 0. The van der Waals surface area contributed by atoms with Gasteiger partial charge in [0.05, 0.1) is 6.61 Å². The summed E-state index contributed by atoms with van der Waals surface area (Å²) in [6.45, 7) is 6.09. The van der Waals surface area contributed by atoms with Crippen LogP contribution in [0.5, 0.6) is 0 Å². The minimum absolute atomic E-state index is 0.440. The van der Waals surface area contributed by atoms with E-state index in [0.717, 1.165) is 25.1 Å². The van der Waals surface area contributed by atoms with Crippen LogP contribution in [-0.2, 0) is 28.8 Å². The van der Waals surface area contributed by atoms with Gasteiger partial charge in [-0.3, -0.25) is 44.5 Å². The van der Waals surface area contributed by atoms with Crippen LogP contribution in [-0.4, -0.2) is 174 Å². The quantitative estimate of drug-likeness (QED) is 0.0482. The number of primary amides is 1. The van der Waals surface area contributed by atoms with E-state index in [1.165, 1.54) is 30.0 Å². The van der Waals surface area contributed by atoms with Gasteiger partial charge >= 0.3 is 6.03 Å². The van der Waals surface area contributed by atoms with E-state index < -0.39 is 84.3 Å². The van der Waals surface area contributed by atoms with Crippen molar-refractivity contribution >= 4 is 41.2 Å². The van der Waals surface area contributed by atoms with Gasteiger partial charge in [-0.05, 0) is 6.92 Å². The Bertz CT molecular complexity index is 938. The maximum Gasteiger partial charge on any atom is 0.335 e. The average Bonchev–Trinajstić information content (AvgIpc) is 3.27. The van der Waals surface area contributed by atoms with Crippen LogP contribution in [0, 0.1) is 0 Å². The third kappa shape index (κ3) is 39.6. The van der Waals surface area contributed by atoms with Crippen LogP contribution in [0.4, 0.5) is 4.79 Å². The molecule has 3 atom stereocenters. The number of nitrogens with two attached hydrogens (primary N) is 1. The van der Waals surface area contributed by atoms with E-state index in [2.05, 4.69) is 11.1 Å². The number of nitrogens with one attached hydrogen (secondary N) is 4. The number of hydrogen-bond donors (Lipinski definition) is 16. The zero-order valence-electron chi connectivity index (χ0n) is 27.3. The number of aliphatic hydroxyl groups is 7. The first kappa shape index (κ1) is 56.0. The van der Waals surface area contributed by atoms with Crippen molar-refractivity contribution in [3.63, 3.8) is 0 Å². The van der Waals surface area contributed by atoms with Gasteiger partial charge < -0.3 is 57.2 Å². The van der Waals surface area contributed by atoms with Crippen LogP contribution < -0.4 is 27.3 Å². The Balaban J connectivity index is -0.000000110. The largest absolute Gasteiger partial charge is 0.500 e. The molecule has 25 nitrogen and oxygen atoms in total. The number of rotatable bonds is 8. The number of hydrogen-bond acceptors (Lipinski definition) is 20. The average molecular weight is 712 g/mol. The number of amides is 6. The van der Waals surface area contributed by atoms with Crippen LogP contribution in [0.3, 0.4) is 0 Å². The highest BCUT2D eigenvalue weighted by Crippen LogP contribution is 2.04. The summed E-state index contributed by atoms with van der Waals surface area (Å²) in [5.41, 5.74) is 6.85. The Morgan fingerprint density at radius 2 is 1.19 bits per heavy atom. The minimum Gasteiger partial charge on any atom is -0.500 e. The summed E-state index contributed by atoms with van der Waals surface area (Å²) in [5, 5.41) is 96.5. The first-order valence-electron chi connectivity index (χ1n) is 12.8. The maximum absolute atomic E-state index is 10.4. The van der Waals surface area contributed by atoms with Crippen molar-refractivity contribution in [2.75, 3.05) is 47.4 Å². The van der Waals surface area contributed by atoms with E-state index in [1.54, 1.807) is 19.4 Å². The van der Waals surface area contributed by atoms with E-state index in [0.29, 0.717) is 0 Å². The molecule has 0 saturated carbocycles. The van der Waals surface area contributed by atoms with Crippen molar-refractivity contribution < 1.29 is 90.1 Å². The summed E-state index contributed by atoms with van der Waals surface area (Å²) in [5.74, 6) is -6.31. The van der Waals surface area contributed by atoms with Gasteiger partial charge in [0.15, 0.2) is 17.7 Å². The van der Waals surface area contributed by atoms with Crippen molar-refractivity contribution in [2.24, 2.45) is 5.73 Å². The standard InChI is InChI=1S/C5H9NO3.C5H10O5.C4H3NO4.C4H11NO.C2H5NO2.C2H7NO.CH4N2O2/c1-3(7)4(8)5(9)6-2;6-1-3(8)5(10)4(9)2-7;6-1-2(7)4(9)5-3(1)8;1-3-5(6)4-2;1-2(4)3-5;1-3(2)4;2-1(4)3-5/h4,8H,1-2H3,(H,6,9);3,5-8,10H,1-2H2;(H3,5,6,7,8,9);6H,3-4H2,1-2H3;5H,1H3,(H,3,4);4H,1-2H3;5H,(H3,2,3,4). The van der Waals surface area contributed by atoms with Gasteiger partial charge in [0, 0.05) is 41.2 Å². The Hall–Kier alpha value is -4.41. The number of urea groups is 1. The molecule has 0 radical (unpaired) electrons. The van der Waals surface area contributed by atoms with Gasteiger partial charge in [-0.2, -0.15) is 10.1 Å². The van der Waals surface area contributed by atoms with Crippen molar-refractivity contribution in [3.05, 3.63) is 11.5 Å². The Kier molecular flexibility index (Phi) is 41.3. The molecular formula is C23H49N7O18. The Morgan fingerprint density at radius 3 is 1.29 bits per heavy atom. The van der Waals surface area contributed by atoms with Crippen LogP contribution in [0.1, 0.15) is 27.7 Å². The molecule has 6 amide bonds. The number of ketones is 2. The number of likely N-dealkylation sites (N-methyl/N-ethyl adjacent to an activating group) is 1. The van der Waals surface area contributed by atoms with Gasteiger partial charge in [-0.1, -0.05) is 13.8 Å². The lowest BCUT2D eigenvalue weighted by Gasteiger charge is -2.11. The monoisotopic (exact) mass is 711 g/mol. The van der Waals surface area contributed by atoms with Crippen LogP contribution in [0.2, 0.25) is 0 Å². The van der Waals surface area contributed by atoms with Gasteiger partial charge in [0.25, 0.3) is 17.7 Å². The zero-order chi connectivity index (χ0) is 39.7. The normalized spacial score (nSPS) is 12.6. The second-order valence-corrected chi connectivity index (χ2v) is 8.06. The highest BCUT2D eigenvalue weighted by atomic mass is 16.5. The Labute approximate surface area is 274 Å². The topological polar surface area (TPSA) is 423 Å². The van der Waals surface area contributed by atoms with E-state index in [9.17, 15) is 33.6 Å². The molecule has 0 aromatic heterocycles. The van der Waals surface area contributed by atoms with E-state index in [4.69, 9.17) is 56.6 Å². The number of carbonyl (C=O) groups excluding carboxylic acids is 7. The molecule has 0 bridgehead atoms. The molecule has 1 heterocycles. The predicted octanol–water partition coefficient (Wildman–Crippen LogP) is -5.88. The summed E-state index contributed by atoms with van der Waals surface area (Å²) in [7, 11) is 4.47. The lowest BCUT2D eigenvalue weighted by atomic mass is 10.1. The van der Waals surface area contributed by atoms with Crippen LogP contribution in [0.25, 0.3) is 0 Å². The summed E-state index contributed by atoms with van der Waals surface area (Å²) < 4.78 is 0. The van der Waals surface area contributed by atoms with Crippen molar-refractivity contribution in [1.29, 1.82) is 0 Å². The molecule has 1 aliphatic heterocycles. The second kappa shape index (κ2) is 35.4. The number of carbonyl (C=O) groups is 7. The van der Waals surface area contributed by atoms with Crippen molar-refractivity contribution in [3.8, 4) is 0 Å². The highest BCUT2D eigenvalue weighted by Gasteiger charge is 2.29. The first-order chi connectivity index (χ1) is 21.9. The summed E-state index contributed by atoms with van der Waals surface area (Å²) in [4.78, 5) is 70.0. The fourth-order valence-corrected chi connectivity index (χ4v) is 1.39. The molecule has 17 N–H and O–H groups in total. The van der Waals surface area contributed by atoms with E-state index in [-0.39, 0.29) is 0 Å². The van der Waals surface area contributed by atoms with Gasteiger partial charge in [-0.25, -0.2) is 15.8 Å². The van der Waals surface area contributed by atoms with Gasteiger partial charge in [0.1, 0.15) is 18.8 Å². The lowest BCUT2D eigenvalue weighted by Crippen LogP contribution is -2.37. The zero-order valence-corrected chi connectivity index (χ0v) is 27.3. The molecule has 1 aliphatic rings. The SMILES string of the molecule is CC(=O)NO.CCN(O)CC.CN(C)O.CNC(=O)C(O)C(C)=O.NC(=O)NO.O=C(CO)C(O)C(O)CO.O=C1NC(=O)C(O)=C1O. The third-order valence-corrected chi connectivity index (χ3v) is 3.80. The molecule has 0 saturated heterocycles. The molecule has 48 heavy (non-hydrogen) atoms. The third-order valence-electron chi connectivity index (χ3n) is 3.80. The number of Topliss-reactive ketones (excluding diaryl/α,β-unsaturated/α-hetero) is 2. The molecule has 0 aromatic carbocycles. The maximum atomic E-state index is 10.4. The molecule has 0 spiro atoms. The molecule has 0 aromatic rings. The number of hydroxylamine groups is 6. The summed E-state index contributed by atoms with van der Waals surface area (Å²) in [6, 6.07) is -0.940. The fraction of sp³-hybridized carbons (Fsp3) is 0.609. The van der Waals surface area contributed by atoms with Crippen molar-refractivity contribution in [1.82, 2.24) is 31.7 Å². The molecule has 0 fully saturated rings. The fourth-order valence-electron chi connectivity index (χ4n) is 1.39. The second-order valence-electron chi connectivity index (χ2n) is 8.06. The van der Waals surface area contributed by atoms with Crippen LogP contribution in [0.15, 0.2) is 11.5 Å². The summed E-state index contributed by atoms with van der Waals surface area (Å²) in [6.07, 6.45) is -4.69. The van der Waals surface area contributed by atoms with E-state index in [1.807, 2.05) is 13.8 Å². The molecular weight excluding hydrogens is 662 g/mol. The number of nitrogens with zero attached hydrogens (tertiary/aromatic N) is 2. The Morgan fingerprint density at radius 1 is 0.854 bits per heavy atom. The highest BCUT2D eigenvalue weighted by molar-refractivity contribution is 6.16. The number of aliphatic hydroxyl groups excluding tert-OH is 7.